The van der Waals surface area contributed by atoms with Crippen molar-refractivity contribution in [2.24, 2.45) is 4.99 Å². The van der Waals surface area contributed by atoms with Crippen molar-refractivity contribution in [1.82, 2.24) is 15.5 Å². The lowest BCUT2D eigenvalue weighted by atomic mass is 10.1. The average molecular weight is 504 g/mol. The van der Waals surface area contributed by atoms with E-state index in [4.69, 9.17) is 14.5 Å². The highest BCUT2D eigenvalue weighted by molar-refractivity contribution is 14.0. The van der Waals surface area contributed by atoms with Gasteiger partial charge in [0.15, 0.2) is 5.96 Å². The Labute approximate surface area is 185 Å². The van der Waals surface area contributed by atoms with Crippen LogP contribution in [0.15, 0.2) is 23.2 Å². The molecule has 1 aromatic carbocycles. The summed E-state index contributed by atoms with van der Waals surface area (Å²) >= 11 is 0. The molecule has 158 valence electrons. The van der Waals surface area contributed by atoms with Crippen molar-refractivity contribution in [2.75, 3.05) is 33.4 Å². The molecule has 2 rings (SSSR count). The number of benzene rings is 1. The smallest absolute Gasteiger partial charge is 0.409 e. The standard InChI is InChI=1S/C20H32N4O3.HI/c1-5-21-19(22-14-16-11-15(3)12-18(13-16)26-4)23-17-7-9-24(10-8-17)20(25)27-6-2;/h11-13,17H,5-10,14H2,1-4H3,(H2,21,22,23);1H. The van der Waals surface area contributed by atoms with Crippen LogP contribution in [0.2, 0.25) is 0 Å². The lowest BCUT2D eigenvalue weighted by Crippen LogP contribution is -2.49. The van der Waals surface area contributed by atoms with Gasteiger partial charge in [0.2, 0.25) is 0 Å². The third-order valence-electron chi connectivity index (χ3n) is 4.47. The van der Waals surface area contributed by atoms with Crippen molar-refractivity contribution in [3.8, 4) is 5.75 Å². The maximum atomic E-state index is 11.8. The number of likely N-dealkylation sites (tertiary alicyclic amines) is 1. The molecule has 2 N–H and O–H groups in total. The van der Waals surface area contributed by atoms with E-state index >= 15 is 0 Å². The van der Waals surface area contributed by atoms with Crippen LogP contribution in [-0.4, -0.2) is 56.3 Å². The van der Waals surface area contributed by atoms with Crippen LogP contribution in [0.5, 0.6) is 5.75 Å². The van der Waals surface area contributed by atoms with E-state index in [-0.39, 0.29) is 30.1 Å². The van der Waals surface area contributed by atoms with E-state index in [1.807, 2.05) is 19.1 Å². The first-order chi connectivity index (χ1) is 13.0. The first-order valence-corrected chi connectivity index (χ1v) is 9.66. The maximum absolute atomic E-state index is 11.8. The summed E-state index contributed by atoms with van der Waals surface area (Å²) in [5.41, 5.74) is 2.27. The highest BCUT2D eigenvalue weighted by Crippen LogP contribution is 2.17. The summed E-state index contributed by atoms with van der Waals surface area (Å²) in [6.45, 7) is 9.12. The maximum Gasteiger partial charge on any atom is 0.409 e. The van der Waals surface area contributed by atoms with Gasteiger partial charge in [-0.05, 0) is 56.9 Å². The SMILES string of the molecule is CCNC(=NCc1cc(C)cc(OC)c1)NC1CCN(C(=O)OCC)CC1.I. The topological polar surface area (TPSA) is 75.2 Å². The summed E-state index contributed by atoms with van der Waals surface area (Å²) in [7, 11) is 1.68. The first kappa shape index (κ1) is 24.3. The number of aryl methyl sites for hydroxylation is 1. The lowest BCUT2D eigenvalue weighted by molar-refractivity contribution is 0.0963. The molecule has 0 unspecified atom stereocenters. The van der Waals surface area contributed by atoms with E-state index in [1.54, 1.807) is 12.0 Å². The van der Waals surface area contributed by atoms with E-state index in [0.717, 1.165) is 42.2 Å². The average Bonchev–Trinajstić information content (AvgIpc) is 2.66. The van der Waals surface area contributed by atoms with Gasteiger partial charge in [0, 0.05) is 25.7 Å². The van der Waals surface area contributed by atoms with Crippen LogP contribution in [0.25, 0.3) is 0 Å². The molecule has 0 saturated carbocycles. The Morgan fingerprint density at radius 1 is 1.25 bits per heavy atom. The van der Waals surface area contributed by atoms with Gasteiger partial charge in [-0.2, -0.15) is 0 Å². The predicted octanol–water partition coefficient (Wildman–Crippen LogP) is 3.30. The van der Waals surface area contributed by atoms with E-state index in [2.05, 4.69) is 30.5 Å². The van der Waals surface area contributed by atoms with Gasteiger partial charge < -0.3 is 25.0 Å². The molecule has 1 amide bonds. The fraction of sp³-hybridized carbons (Fsp3) is 0.600. The summed E-state index contributed by atoms with van der Waals surface area (Å²) in [5.74, 6) is 1.65. The summed E-state index contributed by atoms with van der Waals surface area (Å²) in [6.07, 6.45) is 1.54. The van der Waals surface area contributed by atoms with Crippen LogP contribution >= 0.6 is 24.0 Å². The van der Waals surface area contributed by atoms with E-state index in [0.29, 0.717) is 32.3 Å². The summed E-state index contributed by atoms with van der Waals surface area (Å²) in [5, 5.41) is 6.79. The Bertz CT molecular complexity index is 646. The number of halogens is 1. The van der Waals surface area contributed by atoms with Crippen LogP contribution in [0.1, 0.15) is 37.8 Å². The number of piperidine rings is 1. The van der Waals surface area contributed by atoms with E-state index in [1.165, 1.54) is 0 Å². The molecule has 1 aromatic rings. The number of amides is 1. The Morgan fingerprint density at radius 3 is 2.57 bits per heavy atom. The van der Waals surface area contributed by atoms with Gasteiger partial charge in [0.05, 0.1) is 20.3 Å². The molecular formula is C20H33IN4O3. The molecule has 0 spiro atoms. The highest BCUT2D eigenvalue weighted by atomic mass is 127. The highest BCUT2D eigenvalue weighted by Gasteiger charge is 2.24. The molecule has 1 fully saturated rings. The third-order valence-corrected chi connectivity index (χ3v) is 4.47. The largest absolute Gasteiger partial charge is 0.497 e. The summed E-state index contributed by atoms with van der Waals surface area (Å²) in [6, 6.07) is 6.43. The number of aliphatic imine (C=N–C) groups is 1. The second kappa shape index (κ2) is 12.7. The Balaban J connectivity index is 0.00000392. The molecule has 0 radical (unpaired) electrons. The molecule has 0 aromatic heterocycles. The number of rotatable bonds is 6. The van der Waals surface area contributed by atoms with Gasteiger partial charge in [0.1, 0.15) is 5.75 Å². The number of methoxy groups -OCH3 is 1. The number of hydrogen-bond acceptors (Lipinski definition) is 4. The Hall–Kier alpha value is -1.71. The molecule has 1 aliphatic heterocycles. The number of ether oxygens (including phenoxy) is 2. The van der Waals surface area contributed by atoms with Gasteiger partial charge in [-0.15, -0.1) is 24.0 Å². The van der Waals surface area contributed by atoms with Crippen molar-refractivity contribution in [2.45, 2.75) is 46.2 Å². The van der Waals surface area contributed by atoms with Crippen LogP contribution < -0.4 is 15.4 Å². The molecule has 1 saturated heterocycles. The van der Waals surface area contributed by atoms with Gasteiger partial charge in [-0.25, -0.2) is 9.79 Å². The van der Waals surface area contributed by atoms with Crippen LogP contribution in [-0.2, 0) is 11.3 Å². The zero-order chi connectivity index (χ0) is 19.6. The quantitative estimate of drug-likeness (QED) is 0.354. The minimum Gasteiger partial charge on any atom is -0.497 e. The van der Waals surface area contributed by atoms with Gasteiger partial charge >= 0.3 is 6.09 Å². The molecule has 0 aliphatic carbocycles. The second-order valence-corrected chi connectivity index (χ2v) is 6.66. The van der Waals surface area contributed by atoms with E-state index < -0.39 is 0 Å². The van der Waals surface area contributed by atoms with E-state index in [9.17, 15) is 4.79 Å². The number of guanidine groups is 1. The number of carbonyl (C=O) groups is 1. The number of nitrogens with one attached hydrogen (secondary N) is 2. The zero-order valence-corrected chi connectivity index (χ0v) is 19.6. The number of hydrogen-bond donors (Lipinski definition) is 2. The monoisotopic (exact) mass is 504 g/mol. The normalized spacial score (nSPS) is 14.9. The van der Waals surface area contributed by atoms with Crippen molar-refractivity contribution in [1.29, 1.82) is 0 Å². The summed E-state index contributed by atoms with van der Waals surface area (Å²) < 4.78 is 10.4. The van der Waals surface area contributed by atoms with Gasteiger partial charge in [-0.1, -0.05) is 6.07 Å². The zero-order valence-electron chi connectivity index (χ0n) is 17.3. The molecule has 8 heteroatoms. The van der Waals surface area contributed by atoms with Crippen LogP contribution in [0.4, 0.5) is 4.79 Å². The minimum absolute atomic E-state index is 0. The third kappa shape index (κ3) is 7.73. The van der Waals surface area contributed by atoms with Crippen LogP contribution in [0, 0.1) is 6.92 Å². The number of nitrogens with zero attached hydrogens (tertiary/aromatic N) is 2. The lowest BCUT2D eigenvalue weighted by Gasteiger charge is -2.32. The van der Waals surface area contributed by atoms with Gasteiger partial charge in [-0.3, -0.25) is 0 Å². The first-order valence-electron chi connectivity index (χ1n) is 9.66. The fourth-order valence-electron chi connectivity index (χ4n) is 3.14. The molecule has 7 nitrogen and oxygen atoms in total. The Morgan fingerprint density at radius 2 is 1.96 bits per heavy atom. The molecule has 28 heavy (non-hydrogen) atoms. The van der Waals surface area contributed by atoms with Crippen molar-refractivity contribution in [3.05, 3.63) is 29.3 Å². The van der Waals surface area contributed by atoms with Gasteiger partial charge in [0.25, 0.3) is 0 Å². The van der Waals surface area contributed by atoms with Crippen LogP contribution in [0.3, 0.4) is 0 Å². The fourth-order valence-corrected chi connectivity index (χ4v) is 3.14. The second-order valence-electron chi connectivity index (χ2n) is 6.66. The Kier molecular flexibility index (Phi) is 11.0. The molecule has 0 bridgehead atoms. The van der Waals surface area contributed by atoms with Crippen molar-refractivity contribution < 1.29 is 14.3 Å². The molecular weight excluding hydrogens is 471 g/mol. The minimum atomic E-state index is -0.218. The molecule has 1 aliphatic rings. The van der Waals surface area contributed by atoms with Crippen molar-refractivity contribution >= 4 is 36.0 Å². The number of carbonyl (C=O) groups excluding carboxylic acids is 1. The summed E-state index contributed by atoms with van der Waals surface area (Å²) in [4.78, 5) is 18.3. The predicted molar refractivity (Wildman–Crippen MR) is 123 cm³/mol. The molecule has 0 atom stereocenters. The van der Waals surface area contributed by atoms with Crippen molar-refractivity contribution in [3.63, 3.8) is 0 Å². The molecule has 1 heterocycles.